The monoisotopic (exact) mass is 328 g/mol. The molecule has 0 fully saturated rings. The first-order chi connectivity index (χ1) is 8.70. The van der Waals surface area contributed by atoms with Crippen LogP contribution in [0.25, 0.3) is 0 Å². The van der Waals surface area contributed by atoms with Gasteiger partial charge >= 0.3 is 0 Å². The van der Waals surface area contributed by atoms with Gasteiger partial charge in [0.25, 0.3) is 0 Å². The highest BCUT2D eigenvalue weighted by Crippen LogP contribution is 2.24. The van der Waals surface area contributed by atoms with Crippen LogP contribution in [0.4, 0.5) is 4.39 Å². The molecule has 0 aliphatic heterocycles. The molecule has 0 spiro atoms. The number of halogens is 2. The lowest BCUT2D eigenvalue weighted by molar-refractivity contribution is 0.535. The van der Waals surface area contributed by atoms with E-state index in [0.717, 1.165) is 28.7 Å². The smallest absolute Gasteiger partial charge is 0.123 e. The molecule has 1 N–H and O–H groups in total. The zero-order valence-electron chi connectivity index (χ0n) is 9.99. The molecule has 2 aromatic rings. The van der Waals surface area contributed by atoms with Crippen molar-refractivity contribution in [2.24, 2.45) is 0 Å². The predicted octanol–water partition coefficient (Wildman–Crippen LogP) is 3.94. The largest absolute Gasteiger partial charge is 0.309 e. The maximum atomic E-state index is 13.3. The summed E-state index contributed by atoms with van der Waals surface area (Å²) in [6.07, 6.45) is 0.718. The van der Waals surface area contributed by atoms with E-state index in [0.29, 0.717) is 0 Å². The second-order valence-electron chi connectivity index (χ2n) is 3.96. The van der Waals surface area contributed by atoms with Crippen LogP contribution in [0.3, 0.4) is 0 Å². The van der Waals surface area contributed by atoms with Crippen molar-refractivity contribution >= 4 is 27.3 Å². The molecule has 0 amide bonds. The minimum Gasteiger partial charge on any atom is -0.309 e. The zero-order valence-corrected chi connectivity index (χ0v) is 12.4. The van der Waals surface area contributed by atoms with Crippen molar-refractivity contribution < 1.29 is 4.39 Å². The Hall–Kier alpha value is -0.780. The van der Waals surface area contributed by atoms with Crippen molar-refractivity contribution in [3.63, 3.8) is 0 Å². The van der Waals surface area contributed by atoms with E-state index in [1.165, 1.54) is 6.07 Å². The first-order valence-electron chi connectivity index (χ1n) is 5.76. The van der Waals surface area contributed by atoms with Gasteiger partial charge in [0, 0.05) is 9.85 Å². The van der Waals surface area contributed by atoms with Crippen LogP contribution in [0.1, 0.15) is 24.2 Å². The molecule has 5 heteroatoms. The van der Waals surface area contributed by atoms with E-state index in [-0.39, 0.29) is 11.9 Å². The molecule has 96 valence electrons. The molecule has 18 heavy (non-hydrogen) atoms. The van der Waals surface area contributed by atoms with Crippen LogP contribution in [0.15, 0.2) is 33.6 Å². The number of hydrogen-bond donors (Lipinski definition) is 1. The van der Waals surface area contributed by atoms with Crippen LogP contribution < -0.4 is 5.32 Å². The quantitative estimate of drug-likeness (QED) is 0.899. The van der Waals surface area contributed by atoms with Crippen molar-refractivity contribution in [1.82, 2.24) is 10.3 Å². The second kappa shape index (κ2) is 6.41. The third-order valence-corrected chi connectivity index (χ3v) is 4.07. The summed E-state index contributed by atoms with van der Waals surface area (Å²) in [6.45, 7) is 2.91. The standard InChI is InChI=1S/C13H14BrFN2S/c1-2-16-12(13-7-18-8-17-13)6-9-5-10(15)3-4-11(9)14/h3-5,7-8,12,16H,2,6H2,1H3. The molecule has 0 saturated heterocycles. The molecule has 1 unspecified atom stereocenters. The number of nitrogens with one attached hydrogen (secondary N) is 1. The summed E-state index contributed by atoms with van der Waals surface area (Å²) in [6, 6.07) is 4.90. The van der Waals surface area contributed by atoms with E-state index in [1.54, 1.807) is 23.5 Å². The molecule has 1 atom stereocenters. The number of benzene rings is 1. The molecule has 1 aromatic heterocycles. The molecule has 2 rings (SSSR count). The fraction of sp³-hybridized carbons (Fsp3) is 0.308. The van der Waals surface area contributed by atoms with Crippen molar-refractivity contribution in [2.45, 2.75) is 19.4 Å². The highest BCUT2D eigenvalue weighted by Gasteiger charge is 2.15. The first kappa shape index (κ1) is 13.6. The average molecular weight is 329 g/mol. The minimum atomic E-state index is -0.207. The average Bonchev–Trinajstić information content (AvgIpc) is 2.87. The Kier molecular flexibility index (Phi) is 4.86. The fourth-order valence-corrected chi connectivity index (χ4v) is 2.86. The van der Waals surface area contributed by atoms with Crippen LogP contribution >= 0.6 is 27.3 Å². The molecular weight excluding hydrogens is 315 g/mol. The number of hydrogen-bond acceptors (Lipinski definition) is 3. The lowest BCUT2D eigenvalue weighted by atomic mass is 10.0. The third-order valence-electron chi connectivity index (χ3n) is 2.69. The van der Waals surface area contributed by atoms with Gasteiger partial charge in [0.05, 0.1) is 17.2 Å². The molecule has 1 heterocycles. The number of thiazole rings is 1. The maximum absolute atomic E-state index is 13.3. The van der Waals surface area contributed by atoms with Gasteiger partial charge in [-0.1, -0.05) is 22.9 Å². The van der Waals surface area contributed by atoms with Crippen molar-refractivity contribution in [1.29, 1.82) is 0 Å². The number of nitrogens with zero attached hydrogens (tertiary/aromatic N) is 1. The molecule has 0 aliphatic rings. The fourth-order valence-electron chi connectivity index (χ4n) is 1.84. The topological polar surface area (TPSA) is 24.9 Å². The molecule has 0 saturated carbocycles. The Morgan fingerprint density at radius 3 is 3.00 bits per heavy atom. The summed E-state index contributed by atoms with van der Waals surface area (Å²) in [5.41, 5.74) is 3.78. The molecule has 2 nitrogen and oxygen atoms in total. The van der Waals surface area contributed by atoms with E-state index < -0.39 is 0 Å². The summed E-state index contributed by atoms with van der Waals surface area (Å²) in [5.74, 6) is -0.207. The summed E-state index contributed by atoms with van der Waals surface area (Å²) in [5, 5.41) is 5.41. The highest BCUT2D eigenvalue weighted by atomic mass is 79.9. The maximum Gasteiger partial charge on any atom is 0.123 e. The van der Waals surface area contributed by atoms with E-state index in [2.05, 4.69) is 33.2 Å². The summed E-state index contributed by atoms with van der Waals surface area (Å²) < 4.78 is 14.2. The van der Waals surface area contributed by atoms with Gasteiger partial charge in [-0.25, -0.2) is 9.37 Å². The predicted molar refractivity (Wildman–Crippen MR) is 76.3 cm³/mol. The minimum absolute atomic E-state index is 0.124. The molecular formula is C13H14BrFN2S. The SMILES string of the molecule is CCNC(Cc1cc(F)ccc1Br)c1cscn1. The lowest BCUT2D eigenvalue weighted by Crippen LogP contribution is -2.23. The van der Waals surface area contributed by atoms with Gasteiger partial charge in [-0.2, -0.15) is 0 Å². The number of aromatic nitrogens is 1. The highest BCUT2D eigenvalue weighted by molar-refractivity contribution is 9.10. The van der Waals surface area contributed by atoms with Crippen LogP contribution in [0.2, 0.25) is 0 Å². The number of rotatable bonds is 5. The Bertz CT molecular complexity index is 502. The normalized spacial score (nSPS) is 12.6. The number of likely N-dealkylation sites (N-methyl/N-ethyl adjacent to an activating group) is 1. The van der Waals surface area contributed by atoms with Crippen LogP contribution in [-0.4, -0.2) is 11.5 Å². The summed E-state index contributed by atoms with van der Waals surface area (Å²) >= 11 is 5.04. The Morgan fingerprint density at radius 1 is 1.50 bits per heavy atom. The van der Waals surface area contributed by atoms with E-state index in [4.69, 9.17) is 0 Å². The molecule has 0 bridgehead atoms. The Morgan fingerprint density at radius 2 is 2.33 bits per heavy atom. The summed E-state index contributed by atoms with van der Waals surface area (Å²) in [7, 11) is 0. The first-order valence-corrected chi connectivity index (χ1v) is 7.49. The second-order valence-corrected chi connectivity index (χ2v) is 5.54. The third kappa shape index (κ3) is 3.37. The van der Waals surface area contributed by atoms with Crippen LogP contribution in [-0.2, 0) is 6.42 Å². The van der Waals surface area contributed by atoms with Crippen molar-refractivity contribution in [3.05, 3.63) is 50.6 Å². The van der Waals surface area contributed by atoms with Crippen molar-refractivity contribution in [3.8, 4) is 0 Å². The van der Waals surface area contributed by atoms with Crippen LogP contribution in [0, 0.1) is 5.82 Å². The van der Waals surface area contributed by atoms with Gasteiger partial charge in [-0.05, 0) is 36.7 Å². The van der Waals surface area contributed by atoms with E-state index in [9.17, 15) is 4.39 Å². The Balaban J connectivity index is 2.21. The molecule has 0 radical (unpaired) electrons. The van der Waals surface area contributed by atoms with Gasteiger partial charge in [-0.15, -0.1) is 11.3 Å². The van der Waals surface area contributed by atoms with Gasteiger partial charge in [-0.3, -0.25) is 0 Å². The van der Waals surface area contributed by atoms with Gasteiger partial charge < -0.3 is 5.32 Å². The Labute approximate surface area is 118 Å². The van der Waals surface area contributed by atoms with Crippen LogP contribution in [0.5, 0.6) is 0 Å². The molecule has 0 aliphatic carbocycles. The van der Waals surface area contributed by atoms with Crippen molar-refractivity contribution in [2.75, 3.05) is 6.54 Å². The van der Waals surface area contributed by atoms with Gasteiger partial charge in [0.1, 0.15) is 5.82 Å². The summed E-state index contributed by atoms with van der Waals surface area (Å²) in [4.78, 5) is 4.33. The lowest BCUT2D eigenvalue weighted by Gasteiger charge is -2.16. The molecule has 1 aromatic carbocycles. The van der Waals surface area contributed by atoms with Gasteiger partial charge in [0.15, 0.2) is 0 Å². The van der Waals surface area contributed by atoms with E-state index >= 15 is 0 Å². The van der Waals surface area contributed by atoms with E-state index in [1.807, 2.05) is 10.9 Å². The zero-order chi connectivity index (χ0) is 13.0. The van der Waals surface area contributed by atoms with Gasteiger partial charge in [0.2, 0.25) is 0 Å².